The molecule has 1 saturated heterocycles. The van der Waals surface area contributed by atoms with E-state index < -0.39 is 0 Å². The van der Waals surface area contributed by atoms with E-state index in [2.05, 4.69) is 29.5 Å². The minimum absolute atomic E-state index is 0.175. The van der Waals surface area contributed by atoms with Gasteiger partial charge in [0.05, 0.1) is 6.54 Å². The van der Waals surface area contributed by atoms with Gasteiger partial charge in [-0.15, -0.1) is 0 Å². The normalized spacial score (nSPS) is 30.6. The Bertz CT molecular complexity index is 276. The lowest BCUT2D eigenvalue weighted by Crippen LogP contribution is -2.48. The van der Waals surface area contributed by atoms with Crippen LogP contribution in [0.2, 0.25) is 0 Å². The Morgan fingerprint density at radius 1 is 1.22 bits per heavy atom. The number of hydrogen-bond donors (Lipinski definition) is 2. The first-order chi connectivity index (χ1) is 8.65. The molecule has 2 N–H and O–H groups in total. The van der Waals surface area contributed by atoms with Crippen LogP contribution in [-0.2, 0) is 4.79 Å². The summed E-state index contributed by atoms with van der Waals surface area (Å²) in [5, 5.41) is 6.53. The Kier molecular flexibility index (Phi) is 5.01. The second-order valence-electron chi connectivity index (χ2n) is 5.98. The van der Waals surface area contributed by atoms with E-state index in [1.807, 2.05) is 0 Å². The van der Waals surface area contributed by atoms with Gasteiger partial charge in [0.2, 0.25) is 5.91 Å². The number of rotatable bonds is 4. The van der Waals surface area contributed by atoms with E-state index in [1.165, 1.54) is 12.8 Å². The SMILES string of the molecule is CC1CC(NCC(=O)NC2CCCC2)CCN1C. The molecule has 0 radical (unpaired) electrons. The van der Waals surface area contributed by atoms with Gasteiger partial charge in [-0.3, -0.25) is 4.79 Å². The number of amides is 1. The van der Waals surface area contributed by atoms with Gasteiger partial charge in [-0.1, -0.05) is 12.8 Å². The van der Waals surface area contributed by atoms with E-state index in [1.54, 1.807) is 0 Å². The number of nitrogens with zero attached hydrogens (tertiary/aromatic N) is 1. The van der Waals surface area contributed by atoms with Crippen molar-refractivity contribution in [3.63, 3.8) is 0 Å². The lowest BCUT2D eigenvalue weighted by atomic mass is 9.99. The first-order valence-corrected chi connectivity index (χ1v) is 7.38. The van der Waals surface area contributed by atoms with E-state index in [-0.39, 0.29) is 5.91 Å². The molecular formula is C14H27N3O. The Labute approximate surface area is 110 Å². The summed E-state index contributed by atoms with van der Waals surface area (Å²) < 4.78 is 0. The molecule has 0 aromatic rings. The predicted octanol–water partition coefficient (Wildman–Crippen LogP) is 1.12. The van der Waals surface area contributed by atoms with Crippen molar-refractivity contribution in [3.05, 3.63) is 0 Å². The van der Waals surface area contributed by atoms with Crippen LogP contribution in [0.5, 0.6) is 0 Å². The van der Waals surface area contributed by atoms with Gasteiger partial charge in [0.25, 0.3) is 0 Å². The molecule has 2 rings (SSSR count). The maximum Gasteiger partial charge on any atom is 0.234 e. The zero-order valence-electron chi connectivity index (χ0n) is 11.7. The fourth-order valence-electron chi connectivity index (χ4n) is 3.06. The summed E-state index contributed by atoms with van der Waals surface area (Å²) in [5.74, 6) is 0.175. The number of likely N-dealkylation sites (tertiary alicyclic amines) is 1. The van der Waals surface area contributed by atoms with E-state index >= 15 is 0 Å². The fourth-order valence-corrected chi connectivity index (χ4v) is 3.06. The molecule has 0 spiro atoms. The highest BCUT2D eigenvalue weighted by Crippen LogP contribution is 2.17. The van der Waals surface area contributed by atoms with Gasteiger partial charge in [-0.2, -0.15) is 0 Å². The summed E-state index contributed by atoms with van der Waals surface area (Å²) in [6.45, 7) is 3.87. The largest absolute Gasteiger partial charge is 0.352 e. The molecule has 18 heavy (non-hydrogen) atoms. The summed E-state index contributed by atoms with van der Waals surface area (Å²) in [6.07, 6.45) is 7.16. The molecule has 2 atom stereocenters. The van der Waals surface area contributed by atoms with Gasteiger partial charge in [0.1, 0.15) is 0 Å². The van der Waals surface area contributed by atoms with Crippen molar-refractivity contribution >= 4 is 5.91 Å². The lowest BCUT2D eigenvalue weighted by Gasteiger charge is -2.35. The van der Waals surface area contributed by atoms with Crippen molar-refractivity contribution in [1.29, 1.82) is 0 Å². The Morgan fingerprint density at radius 3 is 2.61 bits per heavy atom. The molecular weight excluding hydrogens is 226 g/mol. The molecule has 2 fully saturated rings. The maximum atomic E-state index is 11.8. The molecule has 4 heteroatoms. The number of carbonyl (C=O) groups excluding carboxylic acids is 1. The van der Waals surface area contributed by atoms with E-state index in [9.17, 15) is 4.79 Å². The Morgan fingerprint density at radius 2 is 1.94 bits per heavy atom. The monoisotopic (exact) mass is 253 g/mol. The molecule has 1 heterocycles. The zero-order chi connectivity index (χ0) is 13.0. The van der Waals surface area contributed by atoms with Crippen LogP contribution in [0.15, 0.2) is 0 Å². The molecule has 0 aromatic carbocycles. The number of nitrogens with one attached hydrogen (secondary N) is 2. The fraction of sp³-hybridized carbons (Fsp3) is 0.929. The molecule has 2 aliphatic rings. The summed E-state index contributed by atoms with van der Waals surface area (Å²) in [4.78, 5) is 14.2. The van der Waals surface area contributed by atoms with Gasteiger partial charge >= 0.3 is 0 Å². The second kappa shape index (κ2) is 6.53. The Hall–Kier alpha value is -0.610. The summed E-state index contributed by atoms with van der Waals surface area (Å²) >= 11 is 0. The molecule has 0 bridgehead atoms. The van der Waals surface area contributed by atoms with Gasteiger partial charge in [-0.05, 0) is 46.2 Å². The third kappa shape index (κ3) is 3.95. The van der Waals surface area contributed by atoms with E-state index in [0.717, 1.165) is 32.2 Å². The Balaban J connectivity index is 1.63. The molecule has 2 unspecified atom stereocenters. The van der Waals surface area contributed by atoms with Crippen LogP contribution in [0.1, 0.15) is 45.4 Å². The minimum Gasteiger partial charge on any atom is -0.352 e. The number of hydrogen-bond acceptors (Lipinski definition) is 3. The highest BCUT2D eigenvalue weighted by atomic mass is 16.2. The molecule has 1 amide bonds. The number of carbonyl (C=O) groups is 1. The molecule has 1 aliphatic carbocycles. The van der Waals surface area contributed by atoms with Gasteiger partial charge in [0, 0.05) is 18.1 Å². The van der Waals surface area contributed by atoms with Crippen molar-refractivity contribution in [2.75, 3.05) is 20.1 Å². The molecule has 1 saturated carbocycles. The lowest BCUT2D eigenvalue weighted by molar-refractivity contribution is -0.121. The smallest absolute Gasteiger partial charge is 0.234 e. The van der Waals surface area contributed by atoms with Crippen molar-refractivity contribution in [1.82, 2.24) is 15.5 Å². The van der Waals surface area contributed by atoms with Crippen LogP contribution >= 0.6 is 0 Å². The van der Waals surface area contributed by atoms with Crippen molar-refractivity contribution in [2.45, 2.75) is 63.6 Å². The summed E-state index contributed by atoms with van der Waals surface area (Å²) in [6, 6.07) is 1.57. The van der Waals surface area contributed by atoms with Crippen LogP contribution in [0.3, 0.4) is 0 Å². The van der Waals surface area contributed by atoms with Gasteiger partial charge in [0.15, 0.2) is 0 Å². The van der Waals surface area contributed by atoms with Crippen LogP contribution < -0.4 is 10.6 Å². The topological polar surface area (TPSA) is 44.4 Å². The summed E-state index contributed by atoms with van der Waals surface area (Å²) in [7, 11) is 2.17. The van der Waals surface area contributed by atoms with Crippen molar-refractivity contribution < 1.29 is 4.79 Å². The van der Waals surface area contributed by atoms with Crippen molar-refractivity contribution in [3.8, 4) is 0 Å². The van der Waals surface area contributed by atoms with Gasteiger partial charge < -0.3 is 15.5 Å². The third-order valence-electron chi connectivity index (χ3n) is 4.48. The molecule has 0 aromatic heterocycles. The quantitative estimate of drug-likeness (QED) is 0.789. The van der Waals surface area contributed by atoms with E-state index in [4.69, 9.17) is 0 Å². The van der Waals surface area contributed by atoms with Gasteiger partial charge in [-0.25, -0.2) is 0 Å². The summed E-state index contributed by atoms with van der Waals surface area (Å²) in [5.41, 5.74) is 0. The molecule has 4 nitrogen and oxygen atoms in total. The predicted molar refractivity (Wildman–Crippen MR) is 73.5 cm³/mol. The molecule has 104 valence electrons. The van der Waals surface area contributed by atoms with Crippen LogP contribution in [0.25, 0.3) is 0 Å². The van der Waals surface area contributed by atoms with Crippen LogP contribution in [0.4, 0.5) is 0 Å². The highest BCUT2D eigenvalue weighted by molar-refractivity contribution is 5.78. The molecule has 1 aliphatic heterocycles. The average molecular weight is 253 g/mol. The second-order valence-corrected chi connectivity index (χ2v) is 5.98. The van der Waals surface area contributed by atoms with Crippen LogP contribution in [0, 0.1) is 0 Å². The maximum absolute atomic E-state index is 11.8. The van der Waals surface area contributed by atoms with E-state index in [0.29, 0.717) is 24.7 Å². The zero-order valence-corrected chi connectivity index (χ0v) is 11.7. The minimum atomic E-state index is 0.175. The highest BCUT2D eigenvalue weighted by Gasteiger charge is 2.23. The first kappa shape index (κ1) is 13.8. The third-order valence-corrected chi connectivity index (χ3v) is 4.48. The first-order valence-electron chi connectivity index (χ1n) is 7.38. The number of piperidine rings is 1. The standard InChI is InChI=1S/C14H27N3O/c1-11-9-13(7-8-17(11)2)15-10-14(18)16-12-5-3-4-6-12/h11-13,15H,3-10H2,1-2H3,(H,16,18). The van der Waals surface area contributed by atoms with Crippen molar-refractivity contribution in [2.24, 2.45) is 0 Å². The van der Waals surface area contributed by atoms with Crippen LogP contribution in [-0.4, -0.2) is 49.1 Å². The average Bonchev–Trinajstić information content (AvgIpc) is 2.83.